The zero-order valence-corrected chi connectivity index (χ0v) is 10.0. The third kappa shape index (κ3) is 5.21. The molecule has 1 aromatic rings. The van der Waals surface area contributed by atoms with Gasteiger partial charge in [-0.1, -0.05) is 52.0 Å². The van der Waals surface area contributed by atoms with Crippen molar-refractivity contribution < 1.29 is 4.79 Å². The molecule has 0 aliphatic heterocycles. The molecule has 0 radical (unpaired) electrons. The van der Waals surface area contributed by atoms with E-state index in [0.717, 1.165) is 0 Å². The zero-order valence-electron chi connectivity index (χ0n) is 10.0. The smallest absolute Gasteiger partial charge is 0.204 e. The fourth-order valence-corrected chi connectivity index (χ4v) is 1.27. The van der Waals surface area contributed by atoms with Crippen molar-refractivity contribution in [3.8, 4) is 0 Å². The molecule has 2 heteroatoms. The Balaban J connectivity index is 0.000000583. The molecule has 84 valence electrons. The molecule has 0 aliphatic carbocycles. The maximum Gasteiger partial charge on any atom is 0.204 e. The van der Waals surface area contributed by atoms with E-state index >= 15 is 0 Å². The lowest BCUT2D eigenvalue weighted by molar-refractivity contribution is -0.106. The van der Waals surface area contributed by atoms with Gasteiger partial charge in [0.2, 0.25) is 6.41 Å². The lowest BCUT2D eigenvalue weighted by Crippen LogP contribution is -1.90. The summed E-state index contributed by atoms with van der Waals surface area (Å²) in [6, 6.07) is 8.94. The van der Waals surface area contributed by atoms with E-state index in [9.17, 15) is 0 Å². The van der Waals surface area contributed by atoms with Gasteiger partial charge >= 0.3 is 0 Å². The second kappa shape index (κ2) is 7.04. The molecule has 1 aromatic carbocycles. The molecule has 0 heterocycles. The summed E-state index contributed by atoms with van der Waals surface area (Å²) in [4.78, 5) is 8.58. The maximum atomic E-state index is 8.58. The third-order valence-electron chi connectivity index (χ3n) is 2.27. The van der Waals surface area contributed by atoms with E-state index in [2.05, 4.69) is 57.7 Å². The number of amides is 1. The van der Waals surface area contributed by atoms with E-state index in [-0.39, 0.29) is 6.41 Å². The lowest BCUT2D eigenvalue weighted by Gasteiger charge is -2.08. The van der Waals surface area contributed by atoms with Crippen LogP contribution < -0.4 is 5.73 Å². The summed E-state index contributed by atoms with van der Waals surface area (Å²) in [5.74, 6) is 1.29. The van der Waals surface area contributed by atoms with Gasteiger partial charge in [-0.25, -0.2) is 0 Å². The van der Waals surface area contributed by atoms with Crippen LogP contribution in [-0.2, 0) is 4.79 Å². The van der Waals surface area contributed by atoms with Crippen molar-refractivity contribution in [2.75, 3.05) is 0 Å². The quantitative estimate of drug-likeness (QED) is 0.744. The molecule has 0 aromatic heterocycles. The molecule has 0 aliphatic rings. The van der Waals surface area contributed by atoms with Crippen molar-refractivity contribution in [1.29, 1.82) is 0 Å². The number of benzene rings is 1. The lowest BCUT2D eigenvalue weighted by atomic mass is 9.97. The van der Waals surface area contributed by atoms with Crippen LogP contribution in [0.15, 0.2) is 24.3 Å². The zero-order chi connectivity index (χ0) is 11.8. The number of rotatable bonds is 2. The van der Waals surface area contributed by atoms with Crippen LogP contribution in [-0.4, -0.2) is 6.41 Å². The van der Waals surface area contributed by atoms with Gasteiger partial charge in [0.05, 0.1) is 0 Å². The third-order valence-corrected chi connectivity index (χ3v) is 2.27. The van der Waals surface area contributed by atoms with Crippen LogP contribution in [0.1, 0.15) is 50.7 Å². The van der Waals surface area contributed by atoms with Gasteiger partial charge in [-0.05, 0) is 23.0 Å². The molecular weight excluding hydrogens is 186 g/mol. The van der Waals surface area contributed by atoms with Gasteiger partial charge in [-0.15, -0.1) is 0 Å². The molecule has 2 nitrogen and oxygen atoms in total. The molecule has 0 atom stereocenters. The normalized spacial score (nSPS) is 9.73. The SMILES string of the molecule is CC(C)c1ccc(C(C)C)cc1.NC=O. The first-order chi connectivity index (χ1) is 7.02. The van der Waals surface area contributed by atoms with E-state index in [4.69, 9.17) is 4.79 Å². The van der Waals surface area contributed by atoms with Crippen molar-refractivity contribution in [2.45, 2.75) is 39.5 Å². The summed E-state index contributed by atoms with van der Waals surface area (Å²) in [7, 11) is 0. The highest BCUT2D eigenvalue weighted by Crippen LogP contribution is 2.18. The van der Waals surface area contributed by atoms with Crippen molar-refractivity contribution in [3.05, 3.63) is 35.4 Å². The predicted octanol–water partition coefficient (Wildman–Crippen LogP) is 3.03. The molecule has 15 heavy (non-hydrogen) atoms. The molecule has 1 rings (SSSR count). The van der Waals surface area contributed by atoms with Crippen molar-refractivity contribution >= 4 is 6.41 Å². The van der Waals surface area contributed by atoms with Crippen LogP contribution >= 0.6 is 0 Å². The number of nitrogens with two attached hydrogens (primary N) is 1. The van der Waals surface area contributed by atoms with E-state index in [0.29, 0.717) is 11.8 Å². The van der Waals surface area contributed by atoms with Gasteiger partial charge in [0, 0.05) is 0 Å². The molecule has 2 N–H and O–H groups in total. The fourth-order valence-electron chi connectivity index (χ4n) is 1.27. The summed E-state index contributed by atoms with van der Waals surface area (Å²) < 4.78 is 0. The Bertz CT molecular complexity index is 248. The summed E-state index contributed by atoms with van der Waals surface area (Å²) in [6.45, 7) is 8.91. The minimum Gasteiger partial charge on any atom is -0.372 e. The number of hydrogen-bond acceptors (Lipinski definition) is 1. The second-order valence-corrected chi connectivity index (χ2v) is 4.11. The van der Waals surface area contributed by atoms with Gasteiger partial charge in [0.1, 0.15) is 0 Å². The number of hydrogen-bond donors (Lipinski definition) is 1. The van der Waals surface area contributed by atoms with E-state index in [1.54, 1.807) is 0 Å². The number of primary amides is 1. The monoisotopic (exact) mass is 207 g/mol. The van der Waals surface area contributed by atoms with Gasteiger partial charge in [0.15, 0.2) is 0 Å². The van der Waals surface area contributed by atoms with E-state index in [1.165, 1.54) is 11.1 Å². The average molecular weight is 207 g/mol. The van der Waals surface area contributed by atoms with E-state index in [1.807, 2.05) is 0 Å². The topological polar surface area (TPSA) is 43.1 Å². The Kier molecular flexibility index (Phi) is 6.43. The number of carbonyl (C=O) groups excluding carboxylic acids is 1. The Morgan fingerprint density at radius 1 is 0.933 bits per heavy atom. The van der Waals surface area contributed by atoms with Crippen LogP contribution in [0.25, 0.3) is 0 Å². The first-order valence-corrected chi connectivity index (χ1v) is 5.28. The molecule has 0 unspecified atom stereocenters. The van der Waals surface area contributed by atoms with Gasteiger partial charge < -0.3 is 5.73 Å². The molecule has 1 amide bonds. The Labute approximate surface area is 92.5 Å². The maximum absolute atomic E-state index is 8.58. The van der Waals surface area contributed by atoms with Crippen LogP contribution in [0.4, 0.5) is 0 Å². The van der Waals surface area contributed by atoms with Crippen LogP contribution in [0.2, 0.25) is 0 Å². The van der Waals surface area contributed by atoms with Crippen molar-refractivity contribution in [1.82, 2.24) is 0 Å². The summed E-state index contributed by atoms with van der Waals surface area (Å²) >= 11 is 0. The second-order valence-electron chi connectivity index (χ2n) is 4.11. The highest BCUT2D eigenvalue weighted by molar-refractivity contribution is 5.42. The van der Waals surface area contributed by atoms with Crippen LogP contribution in [0.3, 0.4) is 0 Å². The molecular formula is C13H21NO. The summed E-state index contributed by atoms with van der Waals surface area (Å²) in [6.07, 6.45) is 0.250. The summed E-state index contributed by atoms with van der Waals surface area (Å²) in [5.41, 5.74) is 7.03. The van der Waals surface area contributed by atoms with Crippen molar-refractivity contribution in [2.24, 2.45) is 5.73 Å². The number of carbonyl (C=O) groups is 1. The largest absolute Gasteiger partial charge is 0.372 e. The molecule has 0 bridgehead atoms. The van der Waals surface area contributed by atoms with Crippen molar-refractivity contribution in [3.63, 3.8) is 0 Å². The van der Waals surface area contributed by atoms with E-state index < -0.39 is 0 Å². The highest BCUT2D eigenvalue weighted by Gasteiger charge is 2.00. The Morgan fingerprint density at radius 3 is 1.27 bits per heavy atom. The minimum absolute atomic E-state index is 0.250. The molecule has 0 saturated carbocycles. The highest BCUT2D eigenvalue weighted by atomic mass is 16.1. The Hall–Kier alpha value is -1.31. The predicted molar refractivity (Wildman–Crippen MR) is 64.9 cm³/mol. The van der Waals surface area contributed by atoms with Crippen LogP contribution in [0, 0.1) is 0 Å². The Morgan fingerprint density at radius 2 is 1.13 bits per heavy atom. The minimum atomic E-state index is 0.250. The van der Waals surface area contributed by atoms with Gasteiger partial charge in [-0.2, -0.15) is 0 Å². The first kappa shape index (κ1) is 13.7. The van der Waals surface area contributed by atoms with Gasteiger partial charge in [0.25, 0.3) is 0 Å². The first-order valence-electron chi connectivity index (χ1n) is 5.28. The van der Waals surface area contributed by atoms with Gasteiger partial charge in [-0.3, -0.25) is 4.79 Å². The standard InChI is InChI=1S/C12H18.CH3NO/c1-9(2)11-5-7-12(8-6-11)10(3)4;2-1-3/h5-10H,1-4H3;1H,(H2,2,3). The fraction of sp³-hybridized carbons (Fsp3) is 0.462. The average Bonchev–Trinajstić information content (AvgIpc) is 2.19. The van der Waals surface area contributed by atoms with Crippen LogP contribution in [0.5, 0.6) is 0 Å². The molecule has 0 saturated heterocycles. The molecule has 0 spiro atoms. The summed E-state index contributed by atoms with van der Waals surface area (Å²) in [5, 5.41) is 0. The molecule has 0 fully saturated rings.